The number of nitrogens with zero attached hydrogens (tertiary/aromatic N) is 1. The van der Waals surface area contributed by atoms with Crippen LogP contribution in [0.4, 0.5) is 5.82 Å². The number of carboxylic acid groups (broad SMARTS) is 1. The number of nitrogen functional groups attached to an aromatic ring is 1. The van der Waals surface area contributed by atoms with Gasteiger partial charge >= 0.3 is 0 Å². The molecule has 2 aromatic heterocycles. The molecule has 0 bridgehead atoms. The number of nitrogens with two attached hydrogens (primary N) is 1. The van der Waals surface area contributed by atoms with Crippen LogP contribution >= 0.6 is 0 Å². The molecule has 1 aromatic carbocycles. The Morgan fingerprint density at radius 2 is 2.00 bits per heavy atom. The van der Waals surface area contributed by atoms with E-state index >= 15 is 0 Å². The van der Waals surface area contributed by atoms with E-state index in [1.807, 2.05) is 24.3 Å². The van der Waals surface area contributed by atoms with Crippen molar-refractivity contribution < 1.29 is 23.8 Å². The molecule has 0 saturated heterocycles. The molecule has 0 aliphatic rings. The van der Waals surface area contributed by atoms with Crippen LogP contribution in [-0.2, 0) is 11.2 Å². The fraction of sp³-hybridized carbons (Fsp3) is 0.158. The lowest BCUT2D eigenvalue weighted by atomic mass is 10.2. The van der Waals surface area contributed by atoms with Crippen molar-refractivity contribution in [1.29, 1.82) is 0 Å². The third kappa shape index (κ3) is 6.24. The molecule has 3 rings (SSSR count). The Kier molecular flexibility index (Phi) is 7.54. The van der Waals surface area contributed by atoms with Gasteiger partial charge in [-0.3, -0.25) is 14.4 Å². The molecule has 0 fully saturated rings. The van der Waals surface area contributed by atoms with E-state index in [1.165, 1.54) is 6.07 Å². The van der Waals surface area contributed by atoms with Crippen LogP contribution in [0.15, 0.2) is 51.7 Å². The van der Waals surface area contributed by atoms with E-state index in [-0.39, 0.29) is 36.1 Å². The Hall–Kier alpha value is -4.08. The van der Waals surface area contributed by atoms with Gasteiger partial charge in [-0.1, -0.05) is 0 Å². The maximum absolute atomic E-state index is 12.2. The van der Waals surface area contributed by atoms with Crippen molar-refractivity contribution in [1.82, 2.24) is 15.3 Å². The molecule has 0 aliphatic heterocycles. The van der Waals surface area contributed by atoms with Crippen LogP contribution in [0.25, 0.3) is 11.3 Å². The highest BCUT2D eigenvalue weighted by atomic mass is 16.5. The summed E-state index contributed by atoms with van der Waals surface area (Å²) in [7, 11) is 1.60. The van der Waals surface area contributed by atoms with Crippen LogP contribution in [0.1, 0.15) is 16.4 Å². The van der Waals surface area contributed by atoms with Crippen molar-refractivity contribution in [3.05, 3.63) is 64.4 Å². The van der Waals surface area contributed by atoms with E-state index in [0.29, 0.717) is 18.0 Å². The molecular weight excluding hydrogens is 380 g/mol. The summed E-state index contributed by atoms with van der Waals surface area (Å²) in [6.45, 7) is 0.0315. The number of carbonyl (C=O) groups is 2. The Morgan fingerprint density at radius 3 is 2.62 bits per heavy atom. The summed E-state index contributed by atoms with van der Waals surface area (Å²) >= 11 is 0. The van der Waals surface area contributed by atoms with E-state index in [1.54, 1.807) is 19.2 Å². The molecule has 0 spiro atoms. The van der Waals surface area contributed by atoms with Crippen LogP contribution in [-0.4, -0.2) is 41.1 Å². The van der Waals surface area contributed by atoms with Gasteiger partial charge in [0, 0.05) is 24.6 Å². The second-order valence-electron chi connectivity index (χ2n) is 5.62. The highest BCUT2D eigenvalue weighted by Crippen LogP contribution is 2.24. The number of hydrogen-bond donors (Lipinski definition) is 4. The summed E-state index contributed by atoms with van der Waals surface area (Å²) in [5.41, 5.74) is 6.03. The number of nitrogens with one attached hydrogen (secondary N) is 2. The molecule has 10 nitrogen and oxygen atoms in total. The molecule has 0 radical (unpaired) electrons. The molecule has 152 valence electrons. The van der Waals surface area contributed by atoms with Crippen molar-refractivity contribution in [2.75, 3.05) is 19.4 Å². The number of aromatic nitrogens is 2. The van der Waals surface area contributed by atoms with Crippen LogP contribution in [0.2, 0.25) is 0 Å². The van der Waals surface area contributed by atoms with Gasteiger partial charge in [-0.05, 0) is 36.4 Å². The Bertz CT molecular complexity index is 1010. The first-order valence-electron chi connectivity index (χ1n) is 8.43. The van der Waals surface area contributed by atoms with Crippen molar-refractivity contribution in [2.45, 2.75) is 6.42 Å². The third-order valence-electron chi connectivity index (χ3n) is 3.66. The number of H-pyrrole nitrogens is 1. The maximum Gasteiger partial charge on any atom is 0.290 e. The van der Waals surface area contributed by atoms with E-state index in [4.69, 9.17) is 24.8 Å². The number of aromatic amines is 1. The molecular formula is C19H20N4O6. The minimum atomic E-state index is -0.351. The van der Waals surface area contributed by atoms with Crippen molar-refractivity contribution in [3.8, 4) is 17.1 Å². The molecule has 1 amide bonds. The minimum Gasteiger partial charge on any atom is -0.497 e. The molecule has 5 N–H and O–H groups in total. The van der Waals surface area contributed by atoms with Gasteiger partial charge in [-0.25, -0.2) is 4.98 Å². The topological polar surface area (TPSA) is 161 Å². The fourth-order valence-corrected chi connectivity index (χ4v) is 2.40. The molecule has 0 saturated carbocycles. The summed E-state index contributed by atoms with van der Waals surface area (Å²) in [5.74, 6) is 1.73. The fourth-order valence-electron chi connectivity index (χ4n) is 2.40. The van der Waals surface area contributed by atoms with Gasteiger partial charge in [0.1, 0.15) is 23.2 Å². The predicted octanol–water partition coefficient (Wildman–Crippen LogP) is 1.29. The van der Waals surface area contributed by atoms with Gasteiger partial charge in [0.15, 0.2) is 5.76 Å². The number of benzene rings is 1. The number of ether oxygens (including phenoxy) is 1. The van der Waals surface area contributed by atoms with Crippen LogP contribution < -0.4 is 21.3 Å². The van der Waals surface area contributed by atoms with Crippen molar-refractivity contribution in [3.63, 3.8) is 0 Å². The zero-order valence-corrected chi connectivity index (χ0v) is 15.5. The van der Waals surface area contributed by atoms with E-state index in [9.17, 15) is 9.59 Å². The maximum atomic E-state index is 12.2. The lowest BCUT2D eigenvalue weighted by Crippen LogP contribution is -2.26. The van der Waals surface area contributed by atoms with Gasteiger partial charge in [0.05, 0.1) is 7.11 Å². The smallest absolute Gasteiger partial charge is 0.290 e. The first-order chi connectivity index (χ1) is 14.0. The van der Waals surface area contributed by atoms with Gasteiger partial charge < -0.3 is 30.3 Å². The van der Waals surface area contributed by atoms with Crippen LogP contribution in [0.3, 0.4) is 0 Å². The second kappa shape index (κ2) is 10.3. The lowest BCUT2D eigenvalue weighted by molar-refractivity contribution is -0.122. The molecule has 0 atom stereocenters. The standard InChI is InChI=1S/C18H18N4O4.CH2O2/c1-25-12-4-2-11(3-5-12)13-6-7-14(26-13)18(24)20-9-8-16-21-15(19)10-17(23)22-16;2-1-3/h2-7,10H,8-9H2,1H3,(H,20,24)(H3,19,21,22,23);1H,(H,2,3). The lowest BCUT2D eigenvalue weighted by Gasteiger charge is -2.04. The SMILES string of the molecule is COc1ccc(-c2ccc(C(=O)NCCc3nc(N)cc(=O)[nH]3)o2)cc1.O=CO. The largest absolute Gasteiger partial charge is 0.497 e. The van der Waals surface area contributed by atoms with E-state index < -0.39 is 0 Å². The van der Waals surface area contributed by atoms with Crippen molar-refractivity contribution >= 4 is 18.2 Å². The van der Waals surface area contributed by atoms with Gasteiger partial charge in [0.25, 0.3) is 17.9 Å². The molecule has 3 aromatic rings. The highest BCUT2D eigenvalue weighted by Gasteiger charge is 2.12. The average molecular weight is 400 g/mol. The number of rotatable bonds is 6. The molecule has 29 heavy (non-hydrogen) atoms. The average Bonchev–Trinajstić information content (AvgIpc) is 3.18. The van der Waals surface area contributed by atoms with Crippen LogP contribution in [0.5, 0.6) is 5.75 Å². The van der Waals surface area contributed by atoms with Gasteiger partial charge in [0.2, 0.25) is 0 Å². The highest BCUT2D eigenvalue weighted by molar-refractivity contribution is 5.92. The summed E-state index contributed by atoms with van der Waals surface area (Å²) in [6, 6.07) is 11.9. The Morgan fingerprint density at radius 1 is 1.31 bits per heavy atom. The number of furan rings is 1. The minimum absolute atomic E-state index is 0.144. The monoisotopic (exact) mass is 400 g/mol. The Labute approximate surface area is 165 Å². The quantitative estimate of drug-likeness (QED) is 0.450. The van der Waals surface area contributed by atoms with E-state index in [2.05, 4.69) is 15.3 Å². The summed E-state index contributed by atoms with van der Waals surface area (Å²) in [4.78, 5) is 38.4. The zero-order valence-electron chi connectivity index (χ0n) is 15.5. The molecule has 0 unspecified atom stereocenters. The number of methoxy groups -OCH3 is 1. The first kappa shape index (κ1) is 21.2. The number of anilines is 1. The summed E-state index contributed by atoms with van der Waals surface area (Å²) in [5, 5.41) is 9.60. The first-order valence-corrected chi connectivity index (χ1v) is 8.43. The normalized spacial score (nSPS) is 9.83. The Balaban J connectivity index is 0.000000941. The summed E-state index contributed by atoms with van der Waals surface area (Å²) < 4.78 is 10.7. The number of carbonyl (C=O) groups excluding carboxylic acids is 1. The van der Waals surface area contributed by atoms with Gasteiger partial charge in [-0.15, -0.1) is 0 Å². The molecule has 0 aliphatic carbocycles. The second-order valence-corrected chi connectivity index (χ2v) is 5.62. The third-order valence-corrected chi connectivity index (χ3v) is 3.66. The van der Waals surface area contributed by atoms with Gasteiger partial charge in [-0.2, -0.15) is 0 Å². The predicted molar refractivity (Wildman–Crippen MR) is 105 cm³/mol. The zero-order chi connectivity index (χ0) is 21.2. The number of amides is 1. The van der Waals surface area contributed by atoms with E-state index in [0.717, 1.165) is 11.3 Å². The molecule has 10 heteroatoms. The molecule has 2 heterocycles. The number of hydrogen-bond acceptors (Lipinski definition) is 7. The summed E-state index contributed by atoms with van der Waals surface area (Å²) in [6.07, 6.45) is 0.345. The van der Waals surface area contributed by atoms with Crippen molar-refractivity contribution in [2.24, 2.45) is 0 Å². The van der Waals surface area contributed by atoms with Crippen LogP contribution in [0, 0.1) is 0 Å².